The van der Waals surface area contributed by atoms with Crippen LogP contribution in [0.2, 0.25) is 18.6 Å². The van der Waals surface area contributed by atoms with Crippen LogP contribution in [0.1, 0.15) is 24.5 Å². The van der Waals surface area contributed by atoms with Gasteiger partial charge in [-0.05, 0) is 60.0 Å². The first-order chi connectivity index (χ1) is 23.0. The van der Waals surface area contributed by atoms with E-state index in [-0.39, 0.29) is 47.5 Å². The Morgan fingerprint density at radius 1 is 1.00 bits per heavy atom. The highest BCUT2D eigenvalue weighted by molar-refractivity contribution is 6.91. The Bertz CT molecular complexity index is 1910. The average Bonchev–Trinajstić information content (AvgIpc) is 3.51. The zero-order chi connectivity index (χ0) is 34.4. The van der Waals surface area contributed by atoms with Crippen LogP contribution < -0.4 is 25.1 Å². The van der Waals surface area contributed by atoms with Gasteiger partial charge in [-0.1, -0.05) is 49.5 Å². The van der Waals surface area contributed by atoms with E-state index in [4.69, 9.17) is 14.2 Å². The number of rotatable bonds is 10. The number of nitrogens with zero attached hydrogens (tertiary/aromatic N) is 3. The van der Waals surface area contributed by atoms with E-state index in [0.717, 1.165) is 16.5 Å². The molecule has 2 aliphatic rings. The Balaban J connectivity index is 1.40. The first-order valence-electron chi connectivity index (χ1n) is 15.9. The van der Waals surface area contributed by atoms with Crippen LogP contribution in [0.3, 0.4) is 0 Å². The van der Waals surface area contributed by atoms with Gasteiger partial charge < -0.3 is 24.2 Å². The number of nitro benzene ring substituents is 1. The quantitative estimate of drug-likeness (QED) is 0.143. The molecule has 2 aliphatic heterocycles. The zero-order valence-corrected chi connectivity index (χ0v) is 28.6. The van der Waals surface area contributed by atoms with Gasteiger partial charge in [0.1, 0.15) is 5.75 Å². The average molecular weight is 670 g/mol. The highest BCUT2D eigenvalue weighted by atomic mass is 28.3. The lowest BCUT2D eigenvalue weighted by molar-refractivity contribution is -0.385. The maximum atomic E-state index is 14.8. The lowest BCUT2D eigenvalue weighted by Crippen LogP contribution is -2.51. The number of carbonyl (C=O) groups is 1. The second-order valence-electron chi connectivity index (χ2n) is 12.9. The number of anilines is 1. The van der Waals surface area contributed by atoms with Crippen LogP contribution in [0.4, 0.5) is 11.4 Å². The molecule has 4 aromatic rings. The van der Waals surface area contributed by atoms with Crippen molar-refractivity contribution in [3.63, 3.8) is 0 Å². The van der Waals surface area contributed by atoms with Gasteiger partial charge in [-0.15, -0.1) is 0 Å². The highest BCUT2D eigenvalue weighted by Gasteiger charge is 2.66. The third-order valence-electron chi connectivity index (χ3n) is 10.1. The van der Waals surface area contributed by atoms with Crippen LogP contribution in [0.25, 0.3) is 5.69 Å². The lowest BCUT2D eigenvalue weighted by atomic mass is 9.82. The summed E-state index contributed by atoms with van der Waals surface area (Å²) in [6, 6.07) is 23.1. The summed E-state index contributed by atoms with van der Waals surface area (Å²) < 4.78 is 18.9. The molecule has 250 valence electrons. The third kappa shape index (κ3) is 5.29. The van der Waals surface area contributed by atoms with Crippen LogP contribution in [0.15, 0.2) is 89.9 Å². The maximum Gasteiger partial charge on any atom is 0.297 e. The molecule has 11 nitrogen and oxygen atoms in total. The predicted molar refractivity (Wildman–Crippen MR) is 184 cm³/mol. The van der Waals surface area contributed by atoms with Gasteiger partial charge in [0.2, 0.25) is 0 Å². The number of ether oxygens (including phenoxy) is 3. The van der Waals surface area contributed by atoms with Gasteiger partial charge >= 0.3 is 0 Å². The number of pyridine rings is 1. The number of carbonyl (C=O) groups excluding carboxylic acids is 1. The van der Waals surface area contributed by atoms with E-state index in [1.165, 1.54) is 23.8 Å². The van der Waals surface area contributed by atoms with Gasteiger partial charge in [0, 0.05) is 42.1 Å². The summed E-state index contributed by atoms with van der Waals surface area (Å²) in [7, 11) is 0.663. The van der Waals surface area contributed by atoms with E-state index in [1.807, 2.05) is 31.2 Å². The summed E-state index contributed by atoms with van der Waals surface area (Å²) in [5.41, 5.74) is 0.464. The van der Waals surface area contributed by atoms with Crippen molar-refractivity contribution >= 4 is 30.5 Å². The molecule has 0 bridgehead atoms. The van der Waals surface area contributed by atoms with E-state index < -0.39 is 24.7 Å². The van der Waals surface area contributed by atoms with Gasteiger partial charge in [-0.25, -0.2) is 0 Å². The lowest BCUT2D eigenvalue weighted by Gasteiger charge is -2.37. The van der Waals surface area contributed by atoms with Crippen LogP contribution in [0, 0.1) is 16.0 Å². The fourth-order valence-electron chi connectivity index (χ4n) is 7.75. The first kappa shape index (κ1) is 33.1. The molecule has 48 heavy (non-hydrogen) atoms. The fourth-order valence-corrected chi connectivity index (χ4v) is 11.8. The number of nitro groups is 1. The normalized spacial score (nSPS) is 21.8. The second-order valence-corrected chi connectivity index (χ2v) is 17.6. The maximum absolute atomic E-state index is 14.8. The standard InChI is InChI=1S/C36H39N3O8Si/c1-23-33(48(4,5)28-15-13-27(45-2)14-16-28)31(18-20-40)47-36(23)29-21-26(39(43)44)12-17-30(29)38(35(36)42)22-24-8-10-25(11-9-24)37-19-6-7-32(46-3)34(37)41/h6-17,19,21,23,31,33,40H,18,20,22H2,1-5H3/t23-,31+,33-,36+/m0/s1. The van der Waals surface area contributed by atoms with Crippen LogP contribution in [-0.4, -0.2) is 55.5 Å². The fraction of sp³-hybridized carbons (Fsp3) is 0.333. The Labute approximate surface area is 279 Å². The predicted octanol–water partition coefficient (Wildman–Crippen LogP) is 4.91. The molecular formula is C36H39N3O8Si. The van der Waals surface area contributed by atoms with Gasteiger partial charge in [0.05, 0.1) is 45.6 Å². The number of hydrogen-bond acceptors (Lipinski definition) is 8. The van der Waals surface area contributed by atoms with Gasteiger partial charge in [0.15, 0.2) is 11.4 Å². The van der Waals surface area contributed by atoms with Crippen LogP contribution in [-0.2, 0) is 21.7 Å². The number of non-ortho nitro benzene ring substituents is 1. The van der Waals surface area contributed by atoms with Gasteiger partial charge in [-0.3, -0.25) is 24.3 Å². The Morgan fingerprint density at radius 2 is 1.71 bits per heavy atom. The molecule has 1 fully saturated rings. The molecule has 1 N–H and O–H groups in total. The van der Waals surface area contributed by atoms with Crippen molar-refractivity contribution in [1.29, 1.82) is 0 Å². The monoisotopic (exact) mass is 669 g/mol. The van der Waals surface area contributed by atoms with Crippen molar-refractivity contribution in [3.05, 3.63) is 117 Å². The van der Waals surface area contributed by atoms with E-state index >= 15 is 0 Å². The zero-order valence-electron chi connectivity index (χ0n) is 27.6. The van der Waals surface area contributed by atoms with Crippen molar-refractivity contribution in [3.8, 4) is 17.2 Å². The number of fused-ring (bicyclic) bond motifs is 2. The van der Waals surface area contributed by atoms with E-state index in [1.54, 1.807) is 48.5 Å². The number of amides is 1. The molecule has 3 aromatic carbocycles. The number of aromatic nitrogens is 1. The molecule has 0 saturated carbocycles. The molecule has 0 radical (unpaired) electrons. The summed E-state index contributed by atoms with van der Waals surface area (Å²) in [5, 5.41) is 23.3. The molecular weight excluding hydrogens is 630 g/mol. The minimum atomic E-state index is -2.40. The van der Waals surface area contributed by atoms with E-state index in [2.05, 4.69) is 25.2 Å². The molecule has 4 atom stereocenters. The number of methoxy groups -OCH3 is 2. The Hall–Kier alpha value is -4.78. The largest absolute Gasteiger partial charge is 0.497 e. The molecule has 1 amide bonds. The molecule has 12 heteroatoms. The number of aliphatic hydroxyl groups is 1. The molecule has 6 rings (SSSR count). The minimum Gasteiger partial charge on any atom is -0.497 e. The summed E-state index contributed by atoms with van der Waals surface area (Å²) >= 11 is 0. The van der Waals surface area contributed by atoms with Crippen molar-refractivity contribution in [2.75, 3.05) is 25.7 Å². The van der Waals surface area contributed by atoms with Crippen LogP contribution in [0.5, 0.6) is 11.5 Å². The van der Waals surface area contributed by atoms with E-state index in [9.17, 15) is 24.8 Å². The summed E-state index contributed by atoms with van der Waals surface area (Å²) in [6.07, 6.45) is 1.53. The van der Waals surface area contributed by atoms with Gasteiger partial charge in [-0.2, -0.15) is 0 Å². The summed E-state index contributed by atoms with van der Waals surface area (Å²) in [4.78, 5) is 40.8. The van der Waals surface area contributed by atoms with Crippen LogP contribution >= 0.6 is 0 Å². The number of aliphatic hydroxyl groups excluding tert-OH is 1. The topological polar surface area (TPSA) is 133 Å². The number of benzene rings is 3. The Kier molecular flexibility index (Phi) is 8.75. The molecule has 1 spiro atoms. The Morgan fingerprint density at radius 3 is 2.33 bits per heavy atom. The summed E-state index contributed by atoms with van der Waals surface area (Å²) in [6.45, 7) is 6.54. The number of hydrogen-bond donors (Lipinski definition) is 1. The molecule has 3 heterocycles. The minimum absolute atomic E-state index is 0.102. The molecule has 0 aliphatic carbocycles. The van der Waals surface area contributed by atoms with E-state index in [0.29, 0.717) is 23.4 Å². The summed E-state index contributed by atoms with van der Waals surface area (Å²) in [5.74, 6) is 0.318. The molecule has 0 unspecified atom stereocenters. The first-order valence-corrected chi connectivity index (χ1v) is 18.9. The molecule has 1 aromatic heterocycles. The SMILES string of the molecule is COc1ccc([Si](C)(C)[C@@H]2[C@@H](CCO)O[C@]3(C(=O)N(Cc4ccc(-n5cccc(OC)c5=O)cc4)c4ccc([N+](=O)[O-])cc43)[C@H]2C)cc1. The highest BCUT2D eigenvalue weighted by Crippen LogP contribution is 2.60. The molecule has 1 saturated heterocycles. The van der Waals surface area contributed by atoms with Crippen molar-refractivity contribution in [2.45, 2.75) is 50.2 Å². The van der Waals surface area contributed by atoms with Gasteiger partial charge in [0.25, 0.3) is 17.2 Å². The van der Waals surface area contributed by atoms with Crippen molar-refractivity contribution < 1.29 is 29.0 Å². The smallest absolute Gasteiger partial charge is 0.297 e. The van der Waals surface area contributed by atoms with Crippen molar-refractivity contribution in [2.24, 2.45) is 5.92 Å². The van der Waals surface area contributed by atoms with Crippen molar-refractivity contribution in [1.82, 2.24) is 4.57 Å². The second kappa shape index (κ2) is 12.7. The third-order valence-corrected chi connectivity index (χ3v) is 14.5.